The highest BCUT2D eigenvalue weighted by molar-refractivity contribution is 4.51. The molecule has 0 aromatic carbocycles. The van der Waals surface area contributed by atoms with Crippen molar-refractivity contribution < 1.29 is 20.1 Å². The van der Waals surface area contributed by atoms with Gasteiger partial charge in [-0.15, -0.1) is 0 Å². The Hall–Kier alpha value is -3.20. The van der Waals surface area contributed by atoms with Crippen LogP contribution in [0.25, 0.3) is 0 Å². The molecule has 2 fully saturated rings. The van der Waals surface area contributed by atoms with Crippen molar-refractivity contribution in [3.63, 3.8) is 0 Å². The van der Waals surface area contributed by atoms with Gasteiger partial charge in [0.1, 0.15) is 0 Å². The molecule has 0 amide bonds. The average Bonchev–Trinajstić information content (AvgIpc) is 2.75. The van der Waals surface area contributed by atoms with Crippen molar-refractivity contribution in [1.29, 1.82) is 0 Å². The van der Waals surface area contributed by atoms with E-state index in [1.165, 1.54) is 51.4 Å². The normalized spacial score (nSPS) is 18.4. The van der Waals surface area contributed by atoms with Crippen LogP contribution in [0.1, 0.15) is 51.4 Å². The van der Waals surface area contributed by atoms with Crippen LogP contribution >= 0.6 is 0 Å². The first-order valence-corrected chi connectivity index (χ1v) is 8.36. The second kappa shape index (κ2) is 10.7. The fourth-order valence-corrected chi connectivity index (χ4v) is 2.61. The molecule has 0 bridgehead atoms. The Bertz CT molecular complexity index is 486. The molecule has 16 nitrogen and oxygen atoms in total. The molecule has 1 aliphatic carbocycles. The maximum atomic E-state index is 10.6. The third-order valence-corrected chi connectivity index (χ3v) is 4.01. The van der Waals surface area contributed by atoms with Crippen molar-refractivity contribution in [2.24, 2.45) is 0 Å². The van der Waals surface area contributed by atoms with E-state index >= 15 is 0 Å². The van der Waals surface area contributed by atoms with Gasteiger partial charge in [0.15, 0.2) is 20.1 Å². The summed E-state index contributed by atoms with van der Waals surface area (Å²) in [7, 11) is 0. The molecule has 154 valence electrons. The number of hydrogen-bond donors (Lipinski definition) is 0. The van der Waals surface area contributed by atoms with Crippen molar-refractivity contribution >= 4 is 0 Å². The van der Waals surface area contributed by atoms with Crippen LogP contribution in [0.2, 0.25) is 0 Å². The lowest BCUT2D eigenvalue weighted by Gasteiger charge is -2.16. The van der Waals surface area contributed by atoms with E-state index < -0.39 is 40.1 Å². The Morgan fingerprint density at radius 2 is 0.704 bits per heavy atom. The molecule has 0 N–H and O–H groups in total. The largest absolute Gasteiger partial charge is 0.239 e. The summed E-state index contributed by atoms with van der Waals surface area (Å²) in [4.78, 5) is 42.4. The topological polar surface area (TPSA) is 186 Å². The smallest absolute Gasteiger partial charge is 0.235 e. The van der Waals surface area contributed by atoms with E-state index in [-0.39, 0.29) is 20.3 Å². The van der Waals surface area contributed by atoms with Gasteiger partial charge in [-0.05, 0) is 0 Å². The molecule has 0 aromatic heterocycles. The van der Waals surface area contributed by atoms with Gasteiger partial charge in [0.2, 0.25) is 20.0 Å². The maximum absolute atomic E-state index is 10.6. The lowest BCUT2D eigenvalue weighted by atomic mass is 10.0. The van der Waals surface area contributed by atoms with Crippen LogP contribution in [-0.2, 0) is 0 Å². The monoisotopic (exact) mass is 394 g/mol. The van der Waals surface area contributed by atoms with Gasteiger partial charge in [0.05, 0.1) is 10.2 Å². The fourth-order valence-electron chi connectivity index (χ4n) is 2.61. The van der Waals surface area contributed by atoms with E-state index in [9.17, 15) is 40.5 Å². The molecule has 0 atom stereocenters. The zero-order valence-corrected chi connectivity index (χ0v) is 14.6. The highest BCUT2D eigenvalue weighted by Gasteiger charge is 2.45. The van der Waals surface area contributed by atoms with Crippen LogP contribution in [0.4, 0.5) is 0 Å². The highest BCUT2D eigenvalue weighted by atomic mass is 16.7. The van der Waals surface area contributed by atoms with Gasteiger partial charge in [-0.25, -0.2) is 40.5 Å². The molecule has 1 saturated heterocycles. The Balaban J connectivity index is 0.000000377. The van der Waals surface area contributed by atoms with Crippen molar-refractivity contribution in [3.05, 3.63) is 40.5 Å². The molecule has 0 radical (unpaired) electrons. The predicted octanol–water partition coefficient (Wildman–Crippen LogP) is 0.883. The van der Waals surface area contributed by atoms with E-state index in [2.05, 4.69) is 0 Å². The first kappa shape index (κ1) is 21.8. The molecule has 0 unspecified atom stereocenters. The molecule has 27 heavy (non-hydrogen) atoms. The Labute approximate surface area is 153 Å². The van der Waals surface area contributed by atoms with E-state index in [0.29, 0.717) is 0 Å². The molecular weight excluding hydrogens is 372 g/mol. The van der Waals surface area contributed by atoms with Crippen LogP contribution in [0.5, 0.6) is 0 Å². The molecule has 1 heterocycles. The van der Waals surface area contributed by atoms with Crippen molar-refractivity contribution in [2.75, 3.05) is 20.0 Å². The minimum atomic E-state index is -1.28. The fraction of sp³-hybridized carbons (Fsp3) is 1.00. The second-order valence-electron chi connectivity index (χ2n) is 5.96. The Kier molecular flexibility index (Phi) is 8.67. The zero-order valence-electron chi connectivity index (χ0n) is 14.6. The summed E-state index contributed by atoms with van der Waals surface area (Å²) in [6.07, 6.45) is 12.0. The van der Waals surface area contributed by atoms with Gasteiger partial charge in [-0.2, -0.15) is 0 Å². The van der Waals surface area contributed by atoms with Crippen LogP contribution in [0.3, 0.4) is 0 Å². The summed E-state index contributed by atoms with van der Waals surface area (Å²) in [5, 5.41) is 37.3. The number of hydrazine groups is 5. The zero-order chi connectivity index (χ0) is 20.4. The molecule has 1 saturated carbocycles. The molecule has 16 heteroatoms. The molecule has 2 rings (SSSR count). The maximum Gasteiger partial charge on any atom is 0.239 e. The van der Waals surface area contributed by atoms with Gasteiger partial charge in [-0.1, -0.05) is 61.4 Å². The minimum absolute atomic E-state index is 0.0924. The summed E-state index contributed by atoms with van der Waals surface area (Å²) >= 11 is 0. The summed E-state index contributed by atoms with van der Waals surface area (Å²) < 4.78 is 0. The number of nitro groups is 4. The van der Waals surface area contributed by atoms with Crippen LogP contribution < -0.4 is 0 Å². The van der Waals surface area contributed by atoms with E-state index in [4.69, 9.17) is 0 Å². The Morgan fingerprint density at radius 1 is 0.444 bits per heavy atom. The van der Waals surface area contributed by atoms with Crippen LogP contribution in [0, 0.1) is 40.5 Å². The minimum Gasteiger partial charge on any atom is -0.235 e. The number of nitrogens with zero attached hydrogens (tertiary/aromatic N) is 8. The Morgan fingerprint density at radius 3 is 0.889 bits per heavy atom. The van der Waals surface area contributed by atoms with E-state index in [1.807, 2.05) is 0 Å². The first-order chi connectivity index (χ1) is 12.7. The van der Waals surface area contributed by atoms with Crippen LogP contribution in [-0.4, -0.2) is 60.4 Å². The lowest BCUT2D eigenvalue weighted by Crippen LogP contribution is -2.53. The lowest BCUT2D eigenvalue weighted by molar-refractivity contribution is -0.844. The molecule has 0 aromatic rings. The van der Waals surface area contributed by atoms with Gasteiger partial charge in [-0.3, -0.25) is 0 Å². The SMILES string of the molecule is C1CCCCCCC1.O=[N+]([O-])N1CN([N+](=O)[O-])CN([N+](=O)[O-])N([N+](=O)[O-])C1. The van der Waals surface area contributed by atoms with Crippen LogP contribution in [0.15, 0.2) is 0 Å². The number of rotatable bonds is 4. The summed E-state index contributed by atoms with van der Waals surface area (Å²) in [5.74, 6) is 0. The third kappa shape index (κ3) is 7.28. The van der Waals surface area contributed by atoms with Gasteiger partial charge in [0, 0.05) is 0 Å². The standard InChI is InChI=1S/C8H16.C3H6N8O8/c1-2-4-6-8-7-5-3-1;12-8(13)4-1-5(9(14)15)3-7(11(18)19)6(2-4)10(16)17/h1-8H2;1-3H2. The second-order valence-corrected chi connectivity index (χ2v) is 5.96. The molecule has 2 aliphatic rings. The summed E-state index contributed by atoms with van der Waals surface area (Å²) in [6.45, 7) is -3.19. The molecular formula is C11H22N8O8. The summed E-state index contributed by atoms with van der Waals surface area (Å²) in [6, 6.07) is 0. The molecule has 1 aliphatic heterocycles. The van der Waals surface area contributed by atoms with Gasteiger partial charge in [0.25, 0.3) is 0 Å². The average molecular weight is 394 g/mol. The van der Waals surface area contributed by atoms with E-state index in [1.54, 1.807) is 0 Å². The van der Waals surface area contributed by atoms with Gasteiger partial charge < -0.3 is 0 Å². The first-order valence-electron chi connectivity index (χ1n) is 8.36. The predicted molar refractivity (Wildman–Crippen MR) is 86.9 cm³/mol. The molecule has 0 spiro atoms. The van der Waals surface area contributed by atoms with Crippen molar-refractivity contribution in [3.8, 4) is 0 Å². The van der Waals surface area contributed by atoms with Crippen molar-refractivity contribution in [2.45, 2.75) is 51.4 Å². The van der Waals surface area contributed by atoms with Crippen molar-refractivity contribution in [1.82, 2.24) is 20.3 Å². The highest BCUT2D eigenvalue weighted by Crippen LogP contribution is 2.15. The van der Waals surface area contributed by atoms with Gasteiger partial charge >= 0.3 is 0 Å². The quantitative estimate of drug-likeness (QED) is 0.484. The van der Waals surface area contributed by atoms with E-state index in [0.717, 1.165) is 0 Å². The third-order valence-electron chi connectivity index (χ3n) is 4.01. The number of hydrogen-bond acceptors (Lipinski definition) is 8. The summed E-state index contributed by atoms with van der Waals surface area (Å²) in [5.41, 5.74) is 0.